The average molecular weight is 284 g/mol. The van der Waals surface area contributed by atoms with Crippen LogP contribution in [0.2, 0.25) is 5.02 Å². The van der Waals surface area contributed by atoms with Crippen LogP contribution in [0.4, 0.5) is 4.39 Å². The number of hydrogen-bond donors (Lipinski definition) is 1. The molecule has 96 valence electrons. The molecule has 0 saturated heterocycles. The zero-order chi connectivity index (χ0) is 13.0. The maximum atomic E-state index is 13.9. The summed E-state index contributed by atoms with van der Waals surface area (Å²) in [6.07, 6.45) is 1.00. The van der Waals surface area contributed by atoms with E-state index in [9.17, 15) is 4.39 Å². The fraction of sp³-hybridized carbons (Fsp3) is 0.286. The molecule has 1 aromatic heterocycles. The second-order valence-electron chi connectivity index (χ2n) is 4.07. The van der Waals surface area contributed by atoms with E-state index in [1.165, 1.54) is 6.07 Å². The zero-order valence-electron chi connectivity index (χ0n) is 10.1. The highest BCUT2D eigenvalue weighted by Gasteiger charge is 2.18. The zero-order valence-corrected chi connectivity index (χ0v) is 11.7. The third kappa shape index (κ3) is 3.10. The Bertz CT molecular complexity index is 499. The number of nitrogens with one attached hydrogen (secondary N) is 1. The molecule has 0 aliphatic heterocycles. The number of halogens is 2. The number of rotatable bonds is 5. The highest BCUT2D eigenvalue weighted by atomic mass is 35.5. The summed E-state index contributed by atoms with van der Waals surface area (Å²) in [6, 6.07) is 8.56. The van der Waals surface area contributed by atoms with Crippen molar-refractivity contribution in [2.75, 3.05) is 6.54 Å². The van der Waals surface area contributed by atoms with E-state index in [0.717, 1.165) is 17.8 Å². The van der Waals surface area contributed by atoms with Crippen LogP contribution in [0.5, 0.6) is 0 Å². The van der Waals surface area contributed by atoms with Gasteiger partial charge in [-0.3, -0.25) is 0 Å². The van der Waals surface area contributed by atoms with E-state index in [1.54, 1.807) is 23.5 Å². The second kappa shape index (κ2) is 6.32. The van der Waals surface area contributed by atoms with Crippen LogP contribution in [-0.4, -0.2) is 6.54 Å². The van der Waals surface area contributed by atoms with E-state index in [-0.39, 0.29) is 11.9 Å². The summed E-state index contributed by atoms with van der Waals surface area (Å²) in [6.45, 7) is 2.93. The van der Waals surface area contributed by atoms with Gasteiger partial charge in [-0.15, -0.1) is 11.3 Å². The van der Waals surface area contributed by atoms with E-state index >= 15 is 0 Å². The van der Waals surface area contributed by atoms with Crippen molar-refractivity contribution in [1.29, 1.82) is 0 Å². The molecule has 0 aliphatic rings. The SMILES string of the molecule is CCCNC(c1cccs1)c1cc(Cl)ccc1F. The maximum Gasteiger partial charge on any atom is 0.128 e. The lowest BCUT2D eigenvalue weighted by Gasteiger charge is -2.18. The smallest absolute Gasteiger partial charge is 0.128 e. The first-order chi connectivity index (χ1) is 8.72. The Morgan fingerprint density at radius 2 is 2.22 bits per heavy atom. The molecule has 0 amide bonds. The standard InChI is InChI=1S/C14H15ClFNS/c1-2-7-17-14(13-4-3-8-18-13)11-9-10(15)5-6-12(11)16/h3-6,8-9,14,17H,2,7H2,1H3. The van der Waals surface area contributed by atoms with Gasteiger partial charge in [0.2, 0.25) is 0 Å². The van der Waals surface area contributed by atoms with Crippen molar-refractivity contribution >= 4 is 22.9 Å². The lowest BCUT2D eigenvalue weighted by Crippen LogP contribution is -2.23. The molecule has 0 radical (unpaired) electrons. The molecule has 2 aromatic rings. The van der Waals surface area contributed by atoms with Crippen molar-refractivity contribution in [2.45, 2.75) is 19.4 Å². The minimum atomic E-state index is -0.221. The molecule has 2 rings (SSSR count). The molecule has 1 N–H and O–H groups in total. The fourth-order valence-corrected chi connectivity index (χ4v) is 2.84. The Hall–Kier alpha value is -0.900. The first kappa shape index (κ1) is 13.5. The Balaban J connectivity index is 2.36. The molecule has 0 bridgehead atoms. The van der Waals surface area contributed by atoms with Gasteiger partial charge < -0.3 is 5.32 Å². The van der Waals surface area contributed by atoms with Crippen LogP contribution in [0.25, 0.3) is 0 Å². The minimum Gasteiger partial charge on any atom is -0.306 e. The van der Waals surface area contributed by atoms with Crippen LogP contribution >= 0.6 is 22.9 Å². The maximum absolute atomic E-state index is 13.9. The van der Waals surface area contributed by atoms with Crippen LogP contribution in [-0.2, 0) is 0 Å². The van der Waals surface area contributed by atoms with E-state index < -0.39 is 0 Å². The van der Waals surface area contributed by atoms with Gasteiger partial charge in [-0.25, -0.2) is 4.39 Å². The van der Waals surface area contributed by atoms with Crippen molar-refractivity contribution in [3.8, 4) is 0 Å². The third-order valence-corrected chi connectivity index (χ3v) is 3.87. The molecule has 0 spiro atoms. The van der Waals surface area contributed by atoms with Crippen molar-refractivity contribution in [1.82, 2.24) is 5.32 Å². The molecule has 18 heavy (non-hydrogen) atoms. The fourth-order valence-electron chi connectivity index (χ4n) is 1.84. The highest BCUT2D eigenvalue weighted by molar-refractivity contribution is 7.10. The summed E-state index contributed by atoms with van der Waals surface area (Å²) in [4.78, 5) is 1.10. The topological polar surface area (TPSA) is 12.0 Å². The minimum absolute atomic E-state index is 0.122. The summed E-state index contributed by atoms with van der Waals surface area (Å²) in [5.74, 6) is -0.221. The molecule has 1 heterocycles. The first-order valence-corrected chi connectivity index (χ1v) is 7.20. The largest absolute Gasteiger partial charge is 0.306 e. The highest BCUT2D eigenvalue weighted by Crippen LogP contribution is 2.29. The van der Waals surface area contributed by atoms with Gasteiger partial charge in [-0.2, -0.15) is 0 Å². The van der Waals surface area contributed by atoms with Crippen LogP contribution < -0.4 is 5.32 Å². The quantitative estimate of drug-likeness (QED) is 0.844. The lowest BCUT2D eigenvalue weighted by atomic mass is 10.0. The Morgan fingerprint density at radius 1 is 1.39 bits per heavy atom. The van der Waals surface area contributed by atoms with Gasteiger partial charge in [0.1, 0.15) is 5.82 Å². The normalized spacial score (nSPS) is 12.6. The summed E-state index contributed by atoms with van der Waals surface area (Å²) in [5.41, 5.74) is 0.610. The molecule has 1 unspecified atom stereocenters. The molecule has 0 aliphatic carbocycles. The summed E-state index contributed by atoms with van der Waals surface area (Å²) < 4.78 is 13.9. The number of thiophene rings is 1. The second-order valence-corrected chi connectivity index (χ2v) is 5.48. The van der Waals surface area contributed by atoms with Crippen molar-refractivity contribution < 1.29 is 4.39 Å². The van der Waals surface area contributed by atoms with Gasteiger partial charge in [0, 0.05) is 15.5 Å². The predicted molar refractivity (Wildman–Crippen MR) is 75.9 cm³/mol. The molecular formula is C14H15ClFNS. The van der Waals surface area contributed by atoms with Gasteiger partial charge in [-0.1, -0.05) is 24.6 Å². The van der Waals surface area contributed by atoms with Crippen LogP contribution in [0.1, 0.15) is 29.8 Å². The number of hydrogen-bond acceptors (Lipinski definition) is 2. The van der Waals surface area contributed by atoms with Gasteiger partial charge >= 0.3 is 0 Å². The Kier molecular flexibility index (Phi) is 4.75. The Morgan fingerprint density at radius 3 is 2.89 bits per heavy atom. The van der Waals surface area contributed by atoms with E-state index in [4.69, 9.17) is 11.6 Å². The van der Waals surface area contributed by atoms with Crippen molar-refractivity contribution in [2.24, 2.45) is 0 Å². The van der Waals surface area contributed by atoms with Crippen molar-refractivity contribution in [3.05, 3.63) is 57.0 Å². The third-order valence-electron chi connectivity index (χ3n) is 2.70. The molecular weight excluding hydrogens is 269 g/mol. The summed E-state index contributed by atoms with van der Waals surface area (Å²) in [5, 5.41) is 5.93. The van der Waals surface area contributed by atoms with Crippen LogP contribution in [0.15, 0.2) is 35.7 Å². The molecule has 0 saturated carbocycles. The summed E-state index contributed by atoms with van der Waals surface area (Å²) in [7, 11) is 0. The van der Waals surface area contributed by atoms with E-state index in [1.807, 2.05) is 17.5 Å². The molecule has 1 atom stereocenters. The van der Waals surface area contributed by atoms with Crippen LogP contribution in [0, 0.1) is 5.82 Å². The lowest BCUT2D eigenvalue weighted by molar-refractivity contribution is 0.551. The molecule has 4 heteroatoms. The number of benzene rings is 1. The molecule has 1 nitrogen and oxygen atoms in total. The molecule has 1 aromatic carbocycles. The van der Waals surface area contributed by atoms with Gasteiger partial charge in [-0.05, 0) is 42.6 Å². The predicted octanol–water partition coefficient (Wildman–Crippen LogP) is 4.63. The monoisotopic (exact) mass is 283 g/mol. The van der Waals surface area contributed by atoms with Gasteiger partial charge in [0.05, 0.1) is 6.04 Å². The van der Waals surface area contributed by atoms with Gasteiger partial charge in [0.15, 0.2) is 0 Å². The van der Waals surface area contributed by atoms with Crippen LogP contribution in [0.3, 0.4) is 0 Å². The van der Waals surface area contributed by atoms with Gasteiger partial charge in [0.25, 0.3) is 0 Å². The molecule has 0 fully saturated rings. The summed E-state index contributed by atoms with van der Waals surface area (Å²) >= 11 is 7.58. The van der Waals surface area contributed by atoms with E-state index in [0.29, 0.717) is 10.6 Å². The average Bonchev–Trinajstić information content (AvgIpc) is 2.88. The Labute approximate surface area is 116 Å². The van der Waals surface area contributed by atoms with E-state index in [2.05, 4.69) is 12.2 Å². The van der Waals surface area contributed by atoms with Crippen molar-refractivity contribution in [3.63, 3.8) is 0 Å². The first-order valence-electron chi connectivity index (χ1n) is 5.94.